The van der Waals surface area contributed by atoms with Gasteiger partial charge in [0.2, 0.25) is 5.91 Å². The van der Waals surface area contributed by atoms with E-state index in [1.54, 1.807) is 12.1 Å². The first-order valence-electron chi connectivity index (χ1n) is 6.45. The lowest BCUT2D eigenvalue weighted by Crippen LogP contribution is -2.33. The maximum Gasteiger partial charge on any atom is 0.220 e. The van der Waals surface area contributed by atoms with Crippen molar-refractivity contribution in [2.45, 2.75) is 25.9 Å². The van der Waals surface area contributed by atoms with Crippen molar-refractivity contribution in [2.75, 3.05) is 20.1 Å². The Bertz CT molecular complexity index is 403. The van der Waals surface area contributed by atoms with Crippen molar-refractivity contribution in [3.05, 3.63) is 29.3 Å². The average Bonchev–Trinajstić information content (AvgIpc) is 2.37. The predicted molar refractivity (Wildman–Crippen MR) is 85.0 cm³/mol. The molecular formula is C14H22Cl2N2O2. The number of amides is 1. The summed E-state index contributed by atoms with van der Waals surface area (Å²) in [6.07, 6.45) is 1.28. The number of nitrogens with one attached hydrogen (secondary N) is 2. The summed E-state index contributed by atoms with van der Waals surface area (Å²) < 4.78 is 5.66. The summed E-state index contributed by atoms with van der Waals surface area (Å²) >= 11 is 5.87. The molecule has 1 amide bonds. The summed E-state index contributed by atoms with van der Waals surface area (Å²) in [6, 6.07) is 7.23. The van der Waals surface area contributed by atoms with E-state index in [2.05, 4.69) is 10.6 Å². The van der Waals surface area contributed by atoms with Crippen LogP contribution in [-0.4, -0.2) is 32.1 Å². The van der Waals surface area contributed by atoms with Crippen LogP contribution < -0.4 is 15.4 Å². The smallest absolute Gasteiger partial charge is 0.220 e. The van der Waals surface area contributed by atoms with Gasteiger partial charge in [-0.1, -0.05) is 17.7 Å². The van der Waals surface area contributed by atoms with Crippen LogP contribution in [0.3, 0.4) is 0 Å². The molecule has 20 heavy (non-hydrogen) atoms. The van der Waals surface area contributed by atoms with Gasteiger partial charge >= 0.3 is 0 Å². The van der Waals surface area contributed by atoms with E-state index in [-0.39, 0.29) is 24.4 Å². The standard InChI is InChI=1S/C14H21ClN2O2.ClH/c1-11(10-17-14(18)7-4-8-16-2)19-13-6-3-5-12(15)9-13;/h3,5-6,9,11,16H,4,7-8,10H2,1-2H3,(H,17,18);1H. The zero-order chi connectivity index (χ0) is 14.1. The molecule has 0 aliphatic heterocycles. The molecule has 0 aliphatic carbocycles. The maximum absolute atomic E-state index is 11.5. The molecule has 0 fully saturated rings. The van der Waals surface area contributed by atoms with E-state index in [9.17, 15) is 4.79 Å². The minimum atomic E-state index is -0.0910. The second-order valence-corrected chi connectivity index (χ2v) is 4.83. The summed E-state index contributed by atoms with van der Waals surface area (Å²) in [7, 11) is 1.87. The molecule has 0 radical (unpaired) electrons. The van der Waals surface area contributed by atoms with Gasteiger partial charge in [0.1, 0.15) is 11.9 Å². The van der Waals surface area contributed by atoms with E-state index < -0.39 is 0 Å². The molecule has 6 heteroatoms. The molecule has 0 spiro atoms. The van der Waals surface area contributed by atoms with Crippen molar-refractivity contribution in [3.8, 4) is 5.75 Å². The van der Waals surface area contributed by atoms with Gasteiger partial charge in [-0.15, -0.1) is 12.4 Å². The van der Waals surface area contributed by atoms with Gasteiger partial charge in [-0.3, -0.25) is 4.79 Å². The Morgan fingerprint density at radius 3 is 2.85 bits per heavy atom. The van der Waals surface area contributed by atoms with Crippen LogP contribution in [0.15, 0.2) is 24.3 Å². The average molecular weight is 321 g/mol. The fourth-order valence-corrected chi connectivity index (χ4v) is 1.77. The highest BCUT2D eigenvalue weighted by molar-refractivity contribution is 6.30. The molecule has 0 heterocycles. The van der Waals surface area contributed by atoms with Crippen molar-refractivity contribution < 1.29 is 9.53 Å². The van der Waals surface area contributed by atoms with Gasteiger partial charge in [-0.05, 0) is 45.1 Å². The van der Waals surface area contributed by atoms with Crippen LogP contribution in [0.5, 0.6) is 5.75 Å². The van der Waals surface area contributed by atoms with E-state index in [0.717, 1.165) is 13.0 Å². The summed E-state index contributed by atoms with van der Waals surface area (Å²) in [5, 5.41) is 6.50. The van der Waals surface area contributed by atoms with Gasteiger partial charge in [-0.2, -0.15) is 0 Å². The maximum atomic E-state index is 11.5. The van der Waals surface area contributed by atoms with Crippen molar-refractivity contribution in [1.29, 1.82) is 0 Å². The van der Waals surface area contributed by atoms with Crippen molar-refractivity contribution in [3.63, 3.8) is 0 Å². The van der Waals surface area contributed by atoms with Gasteiger partial charge in [0.05, 0.1) is 6.54 Å². The van der Waals surface area contributed by atoms with Gasteiger partial charge < -0.3 is 15.4 Å². The third-order valence-electron chi connectivity index (χ3n) is 2.55. The third kappa shape index (κ3) is 8.25. The lowest BCUT2D eigenvalue weighted by molar-refractivity contribution is -0.121. The first-order valence-corrected chi connectivity index (χ1v) is 6.83. The number of rotatable bonds is 8. The normalized spacial score (nSPS) is 11.3. The van der Waals surface area contributed by atoms with Crippen LogP contribution in [-0.2, 0) is 4.79 Å². The Balaban J connectivity index is 0.00000361. The van der Waals surface area contributed by atoms with E-state index >= 15 is 0 Å². The van der Waals surface area contributed by atoms with Crippen molar-refractivity contribution in [2.24, 2.45) is 0 Å². The number of hydrogen-bond acceptors (Lipinski definition) is 3. The molecule has 0 saturated carbocycles. The van der Waals surface area contributed by atoms with Crippen LogP contribution in [0.2, 0.25) is 5.02 Å². The van der Waals surface area contributed by atoms with Crippen LogP contribution in [0.25, 0.3) is 0 Å². The quantitative estimate of drug-likeness (QED) is 0.724. The highest BCUT2D eigenvalue weighted by atomic mass is 35.5. The lowest BCUT2D eigenvalue weighted by atomic mass is 10.3. The first kappa shape index (κ1) is 19.0. The third-order valence-corrected chi connectivity index (χ3v) is 2.79. The summed E-state index contributed by atoms with van der Waals surface area (Å²) in [6.45, 7) is 3.25. The van der Waals surface area contributed by atoms with Crippen molar-refractivity contribution >= 4 is 29.9 Å². The molecule has 114 valence electrons. The molecule has 2 N–H and O–H groups in total. The van der Waals surface area contributed by atoms with Crippen LogP contribution in [0.4, 0.5) is 0 Å². The number of ether oxygens (including phenoxy) is 1. The topological polar surface area (TPSA) is 50.4 Å². The molecule has 0 aromatic heterocycles. The fraction of sp³-hybridized carbons (Fsp3) is 0.500. The molecule has 0 aliphatic rings. The van der Waals surface area contributed by atoms with Crippen LogP contribution >= 0.6 is 24.0 Å². The van der Waals surface area contributed by atoms with Gasteiger partial charge in [0, 0.05) is 11.4 Å². The first-order chi connectivity index (χ1) is 9.11. The zero-order valence-electron chi connectivity index (χ0n) is 11.8. The predicted octanol–water partition coefficient (Wildman–Crippen LogP) is 2.64. The number of hydrogen-bond donors (Lipinski definition) is 2. The molecular weight excluding hydrogens is 299 g/mol. The Hall–Kier alpha value is -0.970. The minimum Gasteiger partial charge on any atom is -0.489 e. The molecule has 1 rings (SSSR count). The van der Waals surface area contributed by atoms with E-state index in [1.807, 2.05) is 26.1 Å². The Labute approximate surface area is 131 Å². The number of benzene rings is 1. The number of carbonyl (C=O) groups excluding carboxylic acids is 1. The van der Waals surface area contributed by atoms with E-state index in [0.29, 0.717) is 23.7 Å². The van der Waals surface area contributed by atoms with Crippen LogP contribution in [0.1, 0.15) is 19.8 Å². The summed E-state index contributed by atoms with van der Waals surface area (Å²) in [4.78, 5) is 11.5. The Kier molecular flexibility index (Phi) is 10.3. The summed E-state index contributed by atoms with van der Waals surface area (Å²) in [5.74, 6) is 0.765. The van der Waals surface area contributed by atoms with Gasteiger partial charge in [-0.25, -0.2) is 0 Å². The second kappa shape index (κ2) is 10.8. The largest absolute Gasteiger partial charge is 0.489 e. The lowest BCUT2D eigenvalue weighted by Gasteiger charge is -2.15. The van der Waals surface area contributed by atoms with Gasteiger partial charge in [0.25, 0.3) is 0 Å². The van der Waals surface area contributed by atoms with Crippen LogP contribution in [0, 0.1) is 0 Å². The summed E-state index contributed by atoms with van der Waals surface area (Å²) in [5.41, 5.74) is 0. The molecule has 1 unspecified atom stereocenters. The van der Waals surface area contributed by atoms with Crippen molar-refractivity contribution in [1.82, 2.24) is 10.6 Å². The highest BCUT2D eigenvalue weighted by Crippen LogP contribution is 2.18. The molecule has 0 bridgehead atoms. The van der Waals surface area contributed by atoms with Gasteiger partial charge in [0.15, 0.2) is 0 Å². The highest BCUT2D eigenvalue weighted by Gasteiger charge is 2.07. The molecule has 4 nitrogen and oxygen atoms in total. The molecule has 1 aromatic rings. The number of carbonyl (C=O) groups is 1. The Morgan fingerprint density at radius 2 is 2.20 bits per heavy atom. The molecule has 1 aromatic carbocycles. The molecule has 1 atom stereocenters. The Morgan fingerprint density at radius 1 is 1.45 bits per heavy atom. The second-order valence-electron chi connectivity index (χ2n) is 4.40. The molecule has 0 saturated heterocycles. The zero-order valence-corrected chi connectivity index (χ0v) is 13.4. The monoisotopic (exact) mass is 320 g/mol. The van der Waals surface area contributed by atoms with E-state index in [1.165, 1.54) is 0 Å². The fourth-order valence-electron chi connectivity index (χ4n) is 1.59. The minimum absolute atomic E-state index is 0. The number of halogens is 2. The van der Waals surface area contributed by atoms with E-state index in [4.69, 9.17) is 16.3 Å². The SMILES string of the molecule is CNCCCC(=O)NCC(C)Oc1cccc(Cl)c1.Cl.